The van der Waals surface area contributed by atoms with E-state index in [-0.39, 0.29) is 0 Å². The summed E-state index contributed by atoms with van der Waals surface area (Å²) in [5.74, 6) is 0.579. The molecular formula is C18H27N3. The van der Waals surface area contributed by atoms with E-state index in [1.54, 1.807) is 0 Å². The lowest BCUT2D eigenvalue weighted by atomic mass is 9.99. The largest absolute Gasteiger partial charge is 0.308 e. The smallest absolute Gasteiger partial charge is 0.0604 e. The number of aromatic nitrogens is 2. The molecule has 0 saturated carbocycles. The lowest BCUT2D eigenvalue weighted by molar-refractivity contribution is 0.438. The zero-order chi connectivity index (χ0) is 15.2. The summed E-state index contributed by atoms with van der Waals surface area (Å²) in [6.45, 7) is 10.6. The van der Waals surface area contributed by atoms with Crippen molar-refractivity contribution in [2.75, 3.05) is 6.54 Å². The quantitative estimate of drug-likeness (QED) is 0.831. The maximum absolute atomic E-state index is 4.51. The summed E-state index contributed by atoms with van der Waals surface area (Å²) in [5, 5.41) is 8.14. The lowest BCUT2D eigenvalue weighted by Gasteiger charge is -2.20. The van der Waals surface area contributed by atoms with Crippen LogP contribution in [0.2, 0.25) is 0 Å². The SMILES string of the molecule is CCCNC(Cn1ccc(C)n1)c1ccc(C(C)C)cc1. The van der Waals surface area contributed by atoms with Crippen LogP contribution in [0.3, 0.4) is 0 Å². The Bertz CT molecular complexity index is 540. The van der Waals surface area contributed by atoms with Gasteiger partial charge in [-0.25, -0.2) is 0 Å². The van der Waals surface area contributed by atoms with E-state index in [0.717, 1.165) is 25.2 Å². The van der Waals surface area contributed by atoms with Gasteiger partial charge in [0.05, 0.1) is 18.3 Å². The molecule has 114 valence electrons. The maximum Gasteiger partial charge on any atom is 0.0604 e. The Labute approximate surface area is 128 Å². The molecule has 0 spiro atoms. The molecule has 2 rings (SSSR count). The van der Waals surface area contributed by atoms with Gasteiger partial charge < -0.3 is 5.32 Å². The van der Waals surface area contributed by atoms with Crippen LogP contribution in [-0.4, -0.2) is 16.3 Å². The van der Waals surface area contributed by atoms with Gasteiger partial charge in [0, 0.05) is 6.20 Å². The van der Waals surface area contributed by atoms with E-state index < -0.39 is 0 Å². The molecule has 0 radical (unpaired) electrons. The molecule has 0 aliphatic heterocycles. The number of hydrogen-bond donors (Lipinski definition) is 1. The van der Waals surface area contributed by atoms with Crippen molar-refractivity contribution in [2.24, 2.45) is 0 Å². The van der Waals surface area contributed by atoms with Crippen LogP contribution in [0.4, 0.5) is 0 Å². The molecule has 1 aromatic carbocycles. The fourth-order valence-electron chi connectivity index (χ4n) is 2.47. The van der Waals surface area contributed by atoms with Crippen LogP contribution < -0.4 is 5.32 Å². The molecule has 0 saturated heterocycles. The van der Waals surface area contributed by atoms with Gasteiger partial charge in [-0.3, -0.25) is 4.68 Å². The summed E-state index contributed by atoms with van der Waals surface area (Å²) in [4.78, 5) is 0. The van der Waals surface area contributed by atoms with Crippen molar-refractivity contribution < 1.29 is 0 Å². The van der Waals surface area contributed by atoms with Crippen LogP contribution in [0.5, 0.6) is 0 Å². The predicted octanol–water partition coefficient (Wildman–Crippen LogP) is 4.06. The lowest BCUT2D eigenvalue weighted by Crippen LogP contribution is -2.26. The summed E-state index contributed by atoms with van der Waals surface area (Å²) in [7, 11) is 0. The van der Waals surface area contributed by atoms with E-state index in [9.17, 15) is 0 Å². The molecule has 0 fully saturated rings. The normalized spacial score (nSPS) is 12.8. The molecule has 1 atom stereocenters. The van der Waals surface area contributed by atoms with Crippen molar-refractivity contribution in [1.29, 1.82) is 0 Å². The summed E-state index contributed by atoms with van der Waals surface area (Å²) in [5.41, 5.74) is 3.79. The summed E-state index contributed by atoms with van der Waals surface area (Å²) in [6.07, 6.45) is 3.19. The fourth-order valence-corrected chi connectivity index (χ4v) is 2.47. The van der Waals surface area contributed by atoms with Gasteiger partial charge in [-0.15, -0.1) is 0 Å². The average molecular weight is 285 g/mol. The Balaban J connectivity index is 2.14. The van der Waals surface area contributed by atoms with E-state index in [1.165, 1.54) is 11.1 Å². The average Bonchev–Trinajstić information content (AvgIpc) is 2.89. The minimum atomic E-state index is 0.311. The Morgan fingerprint density at radius 1 is 1.10 bits per heavy atom. The molecule has 0 amide bonds. The van der Waals surface area contributed by atoms with Gasteiger partial charge in [-0.1, -0.05) is 45.0 Å². The van der Waals surface area contributed by atoms with Gasteiger partial charge in [0.25, 0.3) is 0 Å². The minimum absolute atomic E-state index is 0.311. The second-order valence-corrected chi connectivity index (χ2v) is 6.01. The summed E-state index contributed by atoms with van der Waals surface area (Å²) < 4.78 is 2.03. The zero-order valence-corrected chi connectivity index (χ0v) is 13.6. The highest BCUT2D eigenvalue weighted by atomic mass is 15.3. The molecular weight excluding hydrogens is 258 g/mol. The monoisotopic (exact) mass is 285 g/mol. The van der Waals surface area contributed by atoms with Crippen molar-refractivity contribution in [3.63, 3.8) is 0 Å². The molecule has 1 unspecified atom stereocenters. The summed E-state index contributed by atoms with van der Waals surface area (Å²) in [6, 6.07) is 11.4. The molecule has 3 heteroatoms. The highest BCUT2D eigenvalue weighted by molar-refractivity contribution is 5.26. The first-order valence-electron chi connectivity index (χ1n) is 7.93. The Morgan fingerprint density at radius 3 is 2.29 bits per heavy atom. The number of nitrogens with one attached hydrogen (secondary N) is 1. The minimum Gasteiger partial charge on any atom is -0.308 e. The Morgan fingerprint density at radius 2 is 1.76 bits per heavy atom. The van der Waals surface area contributed by atoms with E-state index in [0.29, 0.717) is 12.0 Å². The fraction of sp³-hybridized carbons (Fsp3) is 0.500. The second kappa shape index (κ2) is 7.41. The third kappa shape index (κ3) is 4.43. The van der Waals surface area contributed by atoms with Crippen LogP contribution in [0.15, 0.2) is 36.5 Å². The highest BCUT2D eigenvalue weighted by Crippen LogP contribution is 2.20. The van der Waals surface area contributed by atoms with Crippen molar-refractivity contribution in [2.45, 2.75) is 52.6 Å². The second-order valence-electron chi connectivity index (χ2n) is 6.01. The molecule has 1 N–H and O–H groups in total. The standard InChI is InChI=1S/C18H27N3/c1-5-11-19-18(13-21-12-10-15(4)20-21)17-8-6-16(7-9-17)14(2)3/h6-10,12,14,18-19H,5,11,13H2,1-4H3. The van der Waals surface area contributed by atoms with Crippen molar-refractivity contribution in [3.8, 4) is 0 Å². The first kappa shape index (κ1) is 15.8. The third-order valence-corrected chi connectivity index (χ3v) is 3.79. The van der Waals surface area contributed by atoms with E-state index >= 15 is 0 Å². The van der Waals surface area contributed by atoms with Crippen LogP contribution >= 0.6 is 0 Å². The Hall–Kier alpha value is -1.61. The van der Waals surface area contributed by atoms with Gasteiger partial charge in [-0.05, 0) is 43.0 Å². The molecule has 1 heterocycles. The molecule has 0 aliphatic carbocycles. The third-order valence-electron chi connectivity index (χ3n) is 3.79. The van der Waals surface area contributed by atoms with Crippen LogP contribution in [0.25, 0.3) is 0 Å². The molecule has 2 aromatic rings. The number of aryl methyl sites for hydroxylation is 1. The first-order valence-corrected chi connectivity index (χ1v) is 7.93. The number of benzene rings is 1. The van der Waals surface area contributed by atoms with Gasteiger partial charge in [0.15, 0.2) is 0 Å². The van der Waals surface area contributed by atoms with Crippen molar-refractivity contribution in [3.05, 3.63) is 53.3 Å². The Kier molecular flexibility index (Phi) is 5.57. The van der Waals surface area contributed by atoms with Gasteiger partial charge >= 0.3 is 0 Å². The van der Waals surface area contributed by atoms with Gasteiger partial charge in [0.1, 0.15) is 0 Å². The topological polar surface area (TPSA) is 29.9 Å². The molecule has 3 nitrogen and oxygen atoms in total. The van der Waals surface area contributed by atoms with E-state index in [1.807, 2.05) is 11.6 Å². The molecule has 0 aliphatic rings. The zero-order valence-electron chi connectivity index (χ0n) is 13.6. The van der Waals surface area contributed by atoms with Crippen LogP contribution in [0.1, 0.15) is 56.0 Å². The number of rotatable bonds is 7. The first-order chi connectivity index (χ1) is 10.1. The molecule has 1 aromatic heterocycles. The maximum atomic E-state index is 4.51. The predicted molar refractivity (Wildman–Crippen MR) is 88.5 cm³/mol. The van der Waals surface area contributed by atoms with Crippen molar-refractivity contribution >= 4 is 0 Å². The number of nitrogens with zero attached hydrogens (tertiary/aromatic N) is 2. The number of hydrogen-bond acceptors (Lipinski definition) is 2. The summed E-state index contributed by atoms with van der Waals surface area (Å²) >= 11 is 0. The van der Waals surface area contributed by atoms with Gasteiger partial charge in [-0.2, -0.15) is 5.10 Å². The van der Waals surface area contributed by atoms with Crippen LogP contribution in [-0.2, 0) is 6.54 Å². The van der Waals surface area contributed by atoms with E-state index in [4.69, 9.17) is 0 Å². The van der Waals surface area contributed by atoms with Gasteiger partial charge in [0.2, 0.25) is 0 Å². The van der Waals surface area contributed by atoms with Crippen LogP contribution in [0, 0.1) is 6.92 Å². The van der Waals surface area contributed by atoms with E-state index in [2.05, 4.69) is 67.7 Å². The molecule has 0 bridgehead atoms. The van der Waals surface area contributed by atoms with Crippen molar-refractivity contribution in [1.82, 2.24) is 15.1 Å². The molecule has 21 heavy (non-hydrogen) atoms. The highest BCUT2D eigenvalue weighted by Gasteiger charge is 2.12.